The molecule has 3 rings (SSSR count). The van der Waals surface area contributed by atoms with Gasteiger partial charge in [0.25, 0.3) is 0 Å². The Balaban J connectivity index is 1.75. The third-order valence-electron chi connectivity index (χ3n) is 4.92. The Morgan fingerprint density at radius 1 is 1.36 bits per heavy atom. The zero-order chi connectivity index (χ0) is 15.6. The standard InChI is InChI=1S/C16H25N3O3/c1-4-22-13-10-12(16(13)5-7-21-8-6-16)18-15-17-11(2)9-14(19-15)20-3/h9,12-13H,4-8,10H2,1-3H3,(H,17,18,19)/t12-,13-/m1/s1. The predicted octanol–water partition coefficient (Wildman–Crippen LogP) is 2.18. The van der Waals surface area contributed by atoms with Crippen molar-refractivity contribution in [2.75, 3.05) is 32.2 Å². The summed E-state index contributed by atoms with van der Waals surface area (Å²) in [5, 5.41) is 3.51. The Morgan fingerprint density at radius 2 is 2.14 bits per heavy atom. The van der Waals surface area contributed by atoms with Crippen molar-refractivity contribution in [3.8, 4) is 5.88 Å². The van der Waals surface area contributed by atoms with E-state index in [1.54, 1.807) is 7.11 Å². The van der Waals surface area contributed by atoms with Crippen molar-refractivity contribution in [1.29, 1.82) is 0 Å². The second-order valence-electron chi connectivity index (χ2n) is 6.10. The van der Waals surface area contributed by atoms with Gasteiger partial charge in [0, 0.05) is 43.0 Å². The lowest BCUT2D eigenvalue weighted by molar-refractivity contribution is -0.159. The maximum Gasteiger partial charge on any atom is 0.226 e. The maximum absolute atomic E-state index is 5.95. The van der Waals surface area contributed by atoms with Crippen LogP contribution in [0.1, 0.15) is 31.9 Å². The van der Waals surface area contributed by atoms with Crippen LogP contribution in [0.3, 0.4) is 0 Å². The van der Waals surface area contributed by atoms with Crippen LogP contribution in [0.25, 0.3) is 0 Å². The third kappa shape index (κ3) is 2.77. The van der Waals surface area contributed by atoms with E-state index in [1.165, 1.54) is 0 Å². The largest absolute Gasteiger partial charge is 0.481 e. The molecule has 0 radical (unpaired) electrons. The summed E-state index contributed by atoms with van der Waals surface area (Å²) in [5.74, 6) is 1.24. The molecule has 0 aromatic carbocycles. The second-order valence-corrected chi connectivity index (χ2v) is 6.10. The van der Waals surface area contributed by atoms with E-state index in [9.17, 15) is 0 Å². The van der Waals surface area contributed by atoms with Crippen molar-refractivity contribution in [2.24, 2.45) is 5.41 Å². The van der Waals surface area contributed by atoms with Crippen molar-refractivity contribution < 1.29 is 14.2 Å². The zero-order valence-corrected chi connectivity index (χ0v) is 13.6. The Kier molecular flexibility index (Phi) is 4.49. The molecule has 1 aliphatic carbocycles. The van der Waals surface area contributed by atoms with E-state index >= 15 is 0 Å². The highest BCUT2D eigenvalue weighted by Crippen LogP contribution is 2.51. The lowest BCUT2D eigenvalue weighted by Gasteiger charge is -2.57. The van der Waals surface area contributed by atoms with Crippen molar-refractivity contribution >= 4 is 5.95 Å². The normalized spacial score (nSPS) is 26.5. The number of hydrogen-bond donors (Lipinski definition) is 1. The van der Waals surface area contributed by atoms with Crippen LogP contribution < -0.4 is 10.1 Å². The molecule has 1 saturated heterocycles. The number of nitrogens with one attached hydrogen (secondary N) is 1. The lowest BCUT2D eigenvalue weighted by Crippen LogP contribution is -2.63. The highest BCUT2D eigenvalue weighted by atomic mass is 16.5. The lowest BCUT2D eigenvalue weighted by atomic mass is 9.57. The van der Waals surface area contributed by atoms with Crippen molar-refractivity contribution in [3.63, 3.8) is 0 Å². The first-order valence-corrected chi connectivity index (χ1v) is 8.03. The molecule has 2 fully saturated rings. The SMILES string of the molecule is CCO[C@@H]1C[C@@H](Nc2nc(C)cc(OC)n2)C12CCOCC2. The van der Waals surface area contributed by atoms with Crippen LogP contribution in [-0.2, 0) is 9.47 Å². The number of aromatic nitrogens is 2. The summed E-state index contributed by atoms with van der Waals surface area (Å²) in [6.07, 6.45) is 3.36. The number of anilines is 1. The van der Waals surface area contributed by atoms with Crippen LogP contribution in [0.5, 0.6) is 5.88 Å². The zero-order valence-electron chi connectivity index (χ0n) is 13.6. The molecule has 0 bridgehead atoms. The Labute approximate surface area is 131 Å². The molecule has 1 aromatic heterocycles. The highest BCUT2D eigenvalue weighted by Gasteiger charge is 2.56. The van der Waals surface area contributed by atoms with Gasteiger partial charge in [0.2, 0.25) is 11.8 Å². The summed E-state index contributed by atoms with van der Waals surface area (Å²) in [6, 6.07) is 2.17. The first-order chi connectivity index (χ1) is 10.7. The number of hydrogen-bond acceptors (Lipinski definition) is 6. The monoisotopic (exact) mass is 307 g/mol. The number of nitrogens with zero attached hydrogens (tertiary/aromatic N) is 2. The smallest absolute Gasteiger partial charge is 0.226 e. The van der Waals surface area contributed by atoms with Gasteiger partial charge in [0.05, 0.1) is 13.2 Å². The summed E-state index contributed by atoms with van der Waals surface area (Å²) in [4.78, 5) is 8.88. The van der Waals surface area contributed by atoms with E-state index in [-0.39, 0.29) is 5.41 Å². The molecule has 122 valence electrons. The van der Waals surface area contributed by atoms with Gasteiger partial charge in [0.15, 0.2) is 0 Å². The molecule has 2 aliphatic rings. The average Bonchev–Trinajstić information content (AvgIpc) is 2.54. The van der Waals surface area contributed by atoms with Gasteiger partial charge in [-0.1, -0.05) is 0 Å². The number of aryl methyl sites for hydroxylation is 1. The summed E-state index contributed by atoms with van der Waals surface area (Å²) in [6.45, 7) is 6.37. The fourth-order valence-electron chi connectivity index (χ4n) is 3.67. The van der Waals surface area contributed by atoms with Gasteiger partial charge in [0.1, 0.15) is 0 Å². The molecule has 6 heteroatoms. The molecule has 1 aromatic rings. The Morgan fingerprint density at radius 3 is 2.82 bits per heavy atom. The fraction of sp³-hybridized carbons (Fsp3) is 0.750. The molecular formula is C16H25N3O3. The Bertz CT molecular complexity index is 517. The third-order valence-corrected chi connectivity index (χ3v) is 4.92. The summed E-state index contributed by atoms with van der Waals surface area (Å²) in [7, 11) is 1.62. The van der Waals surface area contributed by atoms with Gasteiger partial charge in [-0.05, 0) is 33.1 Å². The Hall–Kier alpha value is -1.40. The van der Waals surface area contributed by atoms with E-state index < -0.39 is 0 Å². The second kappa shape index (κ2) is 6.38. The molecule has 2 atom stereocenters. The fourth-order valence-corrected chi connectivity index (χ4v) is 3.67. The van der Waals surface area contributed by atoms with Crippen molar-refractivity contribution in [3.05, 3.63) is 11.8 Å². The molecule has 6 nitrogen and oxygen atoms in total. The summed E-state index contributed by atoms with van der Waals surface area (Å²) in [5.41, 5.74) is 1.05. The quantitative estimate of drug-likeness (QED) is 0.899. The van der Waals surface area contributed by atoms with E-state index in [0.717, 1.165) is 44.8 Å². The molecule has 2 heterocycles. The van der Waals surface area contributed by atoms with Crippen LogP contribution in [0.15, 0.2) is 6.07 Å². The molecule has 1 aliphatic heterocycles. The average molecular weight is 307 g/mol. The van der Waals surface area contributed by atoms with Gasteiger partial charge in [-0.25, -0.2) is 4.98 Å². The van der Waals surface area contributed by atoms with Crippen molar-refractivity contribution in [1.82, 2.24) is 9.97 Å². The van der Waals surface area contributed by atoms with Gasteiger partial charge in [-0.3, -0.25) is 0 Å². The van der Waals surface area contributed by atoms with E-state index in [4.69, 9.17) is 14.2 Å². The van der Waals surface area contributed by atoms with Crippen LogP contribution >= 0.6 is 0 Å². The number of rotatable bonds is 5. The van der Waals surface area contributed by atoms with Crippen LogP contribution in [0, 0.1) is 12.3 Å². The van der Waals surface area contributed by atoms with E-state index in [1.807, 2.05) is 13.0 Å². The highest BCUT2D eigenvalue weighted by molar-refractivity contribution is 5.34. The van der Waals surface area contributed by atoms with Crippen molar-refractivity contribution in [2.45, 2.75) is 45.3 Å². The molecule has 0 unspecified atom stereocenters. The van der Waals surface area contributed by atoms with Crippen LogP contribution in [0.4, 0.5) is 5.95 Å². The van der Waals surface area contributed by atoms with Gasteiger partial charge in [-0.2, -0.15) is 4.98 Å². The van der Waals surface area contributed by atoms with E-state index in [2.05, 4.69) is 22.2 Å². The first kappa shape index (κ1) is 15.5. The molecule has 0 amide bonds. The number of ether oxygens (including phenoxy) is 3. The minimum atomic E-state index is 0.147. The van der Waals surface area contributed by atoms with Crippen LogP contribution in [-0.4, -0.2) is 49.0 Å². The molecule has 1 spiro atoms. The predicted molar refractivity (Wildman–Crippen MR) is 83.2 cm³/mol. The van der Waals surface area contributed by atoms with Crippen LogP contribution in [0.2, 0.25) is 0 Å². The topological polar surface area (TPSA) is 65.5 Å². The van der Waals surface area contributed by atoms with Gasteiger partial charge >= 0.3 is 0 Å². The summed E-state index contributed by atoms with van der Waals surface area (Å²) >= 11 is 0. The molecule has 1 N–H and O–H groups in total. The summed E-state index contributed by atoms with van der Waals surface area (Å²) < 4.78 is 16.7. The minimum Gasteiger partial charge on any atom is -0.481 e. The van der Waals surface area contributed by atoms with Gasteiger partial charge in [-0.15, -0.1) is 0 Å². The maximum atomic E-state index is 5.95. The molecule has 1 saturated carbocycles. The molecular weight excluding hydrogens is 282 g/mol. The molecule has 22 heavy (non-hydrogen) atoms. The first-order valence-electron chi connectivity index (χ1n) is 8.03. The van der Waals surface area contributed by atoms with Gasteiger partial charge < -0.3 is 19.5 Å². The minimum absolute atomic E-state index is 0.147. The number of methoxy groups -OCH3 is 1. The van der Waals surface area contributed by atoms with E-state index in [0.29, 0.717) is 24.0 Å².